The molecule has 1 fully saturated rings. The zero-order valence-electron chi connectivity index (χ0n) is 9.85. The van der Waals surface area contributed by atoms with Gasteiger partial charge >= 0.3 is 5.97 Å². The molecule has 1 saturated carbocycles. The second-order valence-electron chi connectivity index (χ2n) is 3.85. The number of hydrogen-bond donors (Lipinski definition) is 1. The molecule has 0 atom stereocenters. The molecule has 1 aliphatic carbocycles. The summed E-state index contributed by atoms with van der Waals surface area (Å²) in [7, 11) is 0. The Morgan fingerprint density at radius 3 is 2.75 bits per heavy atom. The van der Waals surface area contributed by atoms with Crippen LogP contribution in [-0.2, 0) is 14.3 Å². The average Bonchev–Trinajstić information content (AvgIpc) is 3.07. The molecule has 0 radical (unpaired) electrons. The van der Waals surface area contributed by atoms with E-state index in [1.807, 2.05) is 0 Å². The van der Waals surface area contributed by atoms with Crippen LogP contribution in [0.15, 0.2) is 0 Å². The van der Waals surface area contributed by atoms with Gasteiger partial charge in [0.25, 0.3) is 0 Å². The lowest BCUT2D eigenvalue weighted by Crippen LogP contribution is -2.32. The third-order valence-electron chi connectivity index (χ3n) is 2.50. The van der Waals surface area contributed by atoms with Gasteiger partial charge in [-0.3, -0.25) is 4.90 Å². The fraction of sp³-hybridized carbons (Fsp3) is 0.909. The zero-order valence-corrected chi connectivity index (χ0v) is 9.85. The number of carbonyl (C=O) groups excluding carboxylic acids is 1. The minimum Gasteiger partial charge on any atom is -0.464 e. The monoisotopic (exact) mass is 231 g/mol. The number of carbonyl (C=O) groups is 1. The van der Waals surface area contributed by atoms with E-state index in [0.717, 1.165) is 6.54 Å². The summed E-state index contributed by atoms with van der Waals surface area (Å²) in [5.74, 6) is -0.317. The van der Waals surface area contributed by atoms with Crippen LogP contribution in [0, 0.1) is 0 Å². The van der Waals surface area contributed by atoms with E-state index < -0.39 is 0 Å². The molecule has 1 N–H and O–H groups in total. The van der Waals surface area contributed by atoms with Crippen molar-refractivity contribution in [1.82, 2.24) is 4.90 Å². The molecule has 5 nitrogen and oxygen atoms in total. The maximum atomic E-state index is 11.0. The topological polar surface area (TPSA) is 59.0 Å². The van der Waals surface area contributed by atoms with Gasteiger partial charge in [0.15, 0.2) is 0 Å². The SMILES string of the molecule is CCOC(=O)COCCN(CCO)C1CC1. The van der Waals surface area contributed by atoms with Crippen LogP contribution in [-0.4, -0.2) is 61.5 Å². The van der Waals surface area contributed by atoms with Crippen molar-refractivity contribution in [2.45, 2.75) is 25.8 Å². The molecular weight excluding hydrogens is 210 g/mol. The van der Waals surface area contributed by atoms with Gasteiger partial charge in [-0.2, -0.15) is 0 Å². The van der Waals surface area contributed by atoms with Gasteiger partial charge < -0.3 is 14.6 Å². The summed E-state index contributed by atoms with van der Waals surface area (Å²) >= 11 is 0. The lowest BCUT2D eigenvalue weighted by molar-refractivity contribution is -0.148. The van der Waals surface area contributed by atoms with Gasteiger partial charge in [0, 0.05) is 19.1 Å². The molecule has 94 valence electrons. The smallest absolute Gasteiger partial charge is 0.332 e. The largest absolute Gasteiger partial charge is 0.464 e. The van der Waals surface area contributed by atoms with Crippen molar-refractivity contribution in [1.29, 1.82) is 0 Å². The first-order valence-corrected chi connectivity index (χ1v) is 5.86. The molecule has 0 saturated heterocycles. The summed E-state index contributed by atoms with van der Waals surface area (Å²) in [4.78, 5) is 13.2. The van der Waals surface area contributed by atoms with Crippen LogP contribution in [0.4, 0.5) is 0 Å². The lowest BCUT2D eigenvalue weighted by atomic mass is 10.4. The average molecular weight is 231 g/mol. The number of rotatable bonds is 9. The molecule has 0 aromatic heterocycles. The van der Waals surface area contributed by atoms with Crippen molar-refractivity contribution < 1.29 is 19.4 Å². The highest BCUT2D eigenvalue weighted by Gasteiger charge is 2.27. The Morgan fingerprint density at radius 2 is 2.19 bits per heavy atom. The Kier molecular flexibility index (Phi) is 6.37. The zero-order chi connectivity index (χ0) is 11.8. The Balaban J connectivity index is 2.01. The number of aliphatic hydroxyl groups excluding tert-OH is 1. The van der Waals surface area contributed by atoms with E-state index in [9.17, 15) is 4.79 Å². The number of ether oxygens (including phenoxy) is 2. The van der Waals surface area contributed by atoms with E-state index in [2.05, 4.69) is 4.90 Å². The van der Waals surface area contributed by atoms with Gasteiger partial charge in [-0.05, 0) is 19.8 Å². The third kappa shape index (κ3) is 5.44. The van der Waals surface area contributed by atoms with Crippen LogP contribution in [0.5, 0.6) is 0 Å². The molecule has 5 heteroatoms. The van der Waals surface area contributed by atoms with E-state index in [-0.39, 0.29) is 19.2 Å². The molecule has 0 bridgehead atoms. The Morgan fingerprint density at radius 1 is 1.44 bits per heavy atom. The Labute approximate surface area is 96.3 Å². The molecule has 0 aliphatic heterocycles. The van der Waals surface area contributed by atoms with E-state index in [4.69, 9.17) is 14.6 Å². The normalized spacial score (nSPS) is 15.4. The van der Waals surface area contributed by atoms with Crippen molar-refractivity contribution in [2.24, 2.45) is 0 Å². The van der Waals surface area contributed by atoms with Gasteiger partial charge in [-0.25, -0.2) is 4.79 Å². The lowest BCUT2D eigenvalue weighted by Gasteiger charge is -2.20. The molecular formula is C11H21NO4. The van der Waals surface area contributed by atoms with Gasteiger partial charge in [-0.1, -0.05) is 0 Å². The molecule has 0 unspecified atom stereocenters. The molecule has 1 aliphatic rings. The summed E-state index contributed by atoms with van der Waals surface area (Å²) in [6.45, 7) is 4.32. The van der Waals surface area contributed by atoms with Crippen LogP contribution in [0.2, 0.25) is 0 Å². The highest BCUT2D eigenvalue weighted by atomic mass is 16.6. The molecule has 0 spiro atoms. The molecule has 0 amide bonds. The predicted octanol–water partition coefficient (Wildman–Crippen LogP) is 0.0228. The summed E-state index contributed by atoms with van der Waals surface area (Å²) in [6.07, 6.45) is 2.41. The van der Waals surface area contributed by atoms with Crippen molar-refractivity contribution in [3.63, 3.8) is 0 Å². The van der Waals surface area contributed by atoms with Gasteiger partial charge in [0.1, 0.15) is 6.61 Å². The Hall–Kier alpha value is -0.650. The van der Waals surface area contributed by atoms with Gasteiger partial charge in [0.2, 0.25) is 0 Å². The van der Waals surface area contributed by atoms with Gasteiger partial charge in [-0.15, -0.1) is 0 Å². The van der Waals surface area contributed by atoms with E-state index in [1.54, 1.807) is 6.92 Å². The summed E-state index contributed by atoms with van der Waals surface area (Å²) < 4.78 is 9.94. The highest BCUT2D eigenvalue weighted by Crippen LogP contribution is 2.25. The van der Waals surface area contributed by atoms with E-state index in [0.29, 0.717) is 25.8 Å². The predicted molar refractivity (Wildman–Crippen MR) is 59.1 cm³/mol. The standard InChI is InChI=1S/C11H21NO4/c1-2-16-11(14)9-15-8-6-12(5-7-13)10-3-4-10/h10,13H,2-9H2,1H3. The van der Waals surface area contributed by atoms with Crippen LogP contribution in [0.1, 0.15) is 19.8 Å². The quantitative estimate of drug-likeness (QED) is 0.448. The number of hydrogen-bond acceptors (Lipinski definition) is 5. The first kappa shape index (κ1) is 13.4. The first-order chi connectivity index (χ1) is 7.77. The van der Waals surface area contributed by atoms with Crippen LogP contribution < -0.4 is 0 Å². The maximum absolute atomic E-state index is 11.0. The second kappa shape index (κ2) is 7.60. The molecule has 0 aromatic carbocycles. The first-order valence-electron chi connectivity index (χ1n) is 5.86. The van der Waals surface area contributed by atoms with Crippen molar-refractivity contribution >= 4 is 5.97 Å². The fourth-order valence-electron chi connectivity index (χ4n) is 1.59. The van der Waals surface area contributed by atoms with Crippen LogP contribution in [0.25, 0.3) is 0 Å². The van der Waals surface area contributed by atoms with Crippen molar-refractivity contribution in [3.05, 3.63) is 0 Å². The number of esters is 1. The van der Waals surface area contributed by atoms with Crippen LogP contribution in [0.3, 0.4) is 0 Å². The minimum atomic E-state index is -0.317. The van der Waals surface area contributed by atoms with E-state index in [1.165, 1.54) is 12.8 Å². The molecule has 16 heavy (non-hydrogen) atoms. The second-order valence-corrected chi connectivity index (χ2v) is 3.85. The molecule has 0 aromatic rings. The maximum Gasteiger partial charge on any atom is 0.332 e. The van der Waals surface area contributed by atoms with Crippen molar-refractivity contribution in [3.8, 4) is 0 Å². The summed E-state index contributed by atoms with van der Waals surface area (Å²) in [5, 5.41) is 8.87. The molecule has 0 heterocycles. The van der Waals surface area contributed by atoms with E-state index >= 15 is 0 Å². The van der Waals surface area contributed by atoms with Crippen LogP contribution >= 0.6 is 0 Å². The summed E-state index contributed by atoms with van der Waals surface area (Å²) in [6, 6.07) is 0.610. The summed E-state index contributed by atoms with van der Waals surface area (Å²) in [5.41, 5.74) is 0. The fourth-order valence-corrected chi connectivity index (χ4v) is 1.59. The number of aliphatic hydroxyl groups is 1. The number of nitrogens with zero attached hydrogens (tertiary/aromatic N) is 1. The minimum absolute atomic E-state index is 0.0193. The highest BCUT2D eigenvalue weighted by molar-refractivity contribution is 5.70. The Bertz CT molecular complexity index is 206. The third-order valence-corrected chi connectivity index (χ3v) is 2.50. The van der Waals surface area contributed by atoms with Gasteiger partial charge in [0.05, 0.1) is 19.8 Å². The molecule has 1 rings (SSSR count). The van der Waals surface area contributed by atoms with Crippen molar-refractivity contribution in [2.75, 3.05) is 39.5 Å².